The van der Waals surface area contributed by atoms with E-state index in [9.17, 15) is 14.9 Å². The first-order chi connectivity index (χ1) is 7.06. The van der Waals surface area contributed by atoms with Gasteiger partial charge in [0.05, 0.1) is 17.7 Å². The van der Waals surface area contributed by atoms with Gasteiger partial charge in [-0.1, -0.05) is 5.92 Å². The molecule has 0 spiro atoms. The predicted octanol–water partition coefficient (Wildman–Crippen LogP) is 0.628. The largest absolute Gasteiger partial charge is 0.351 e. The Morgan fingerprint density at radius 1 is 1.80 bits per heavy atom. The normalized spacial score (nSPS) is 9.33. The van der Waals surface area contributed by atoms with Crippen molar-refractivity contribution in [3.8, 4) is 12.3 Å². The van der Waals surface area contributed by atoms with Crippen LogP contribution in [0.2, 0.25) is 0 Å². The minimum Gasteiger partial charge on any atom is -0.351 e. The monoisotopic (exact) mass is 207 g/mol. The van der Waals surface area contributed by atoms with Crippen LogP contribution in [0.5, 0.6) is 0 Å². The molecular formula is C9H9N3O3. The smallest absolute Gasteiger partial charge is 0.287 e. The molecule has 15 heavy (non-hydrogen) atoms. The summed E-state index contributed by atoms with van der Waals surface area (Å²) in [6, 6.07) is 1.18. The Hall–Kier alpha value is -2.29. The van der Waals surface area contributed by atoms with Crippen molar-refractivity contribution in [3.05, 3.63) is 28.1 Å². The van der Waals surface area contributed by atoms with Crippen LogP contribution in [0.25, 0.3) is 0 Å². The van der Waals surface area contributed by atoms with Gasteiger partial charge in [0, 0.05) is 13.1 Å². The highest BCUT2D eigenvalue weighted by atomic mass is 16.6. The van der Waals surface area contributed by atoms with E-state index in [1.807, 2.05) is 0 Å². The maximum atomic E-state index is 11.5. The zero-order chi connectivity index (χ0) is 11.4. The Balaban J connectivity index is 2.84. The van der Waals surface area contributed by atoms with Crippen LogP contribution in [-0.4, -0.2) is 34.3 Å². The van der Waals surface area contributed by atoms with Crippen LogP contribution < -0.4 is 0 Å². The van der Waals surface area contributed by atoms with Crippen LogP contribution in [0.4, 0.5) is 5.69 Å². The Bertz CT molecular complexity index is 430. The molecule has 1 amide bonds. The van der Waals surface area contributed by atoms with E-state index in [-0.39, 0.29) is 23.8 Å². The minimum atomic E-state index is -0.575. The van der Waals surface area contributed by atoms with Gasteiger partial charge in [0.2, 0.25) is 0 Å². The van der Waals surface area contributed by atoms with Crippen molar-refractivity contribution in [1.29, 1.82) is 0 Å². The molecule has 0 fully saturated rings. The van der Waals surface area contributed by atoms with Crippen molar-refractivity contribution in [3.63, 3.8) is 0 Å². The fourth-order valence-electron chi connectivity index (χ4n) is 1.03. The van der Waals surface area contributed by atoms with Crippen molar-refractivity contribution < 1.29 is 9.72 Å². The van der Waals surface area contributed by atoms with Gasteiger partial charge in [0.15, 0.2) is 0 Å². The molecule has 0 aliphatic rings. The number of hydrogen-bond acceptors (Lipinski definition) is 3. The molecule has 1 rings (SSSR count). The predicted molar refractivity (Wildman–Crippen MR) is 53.2 cm³/mol. The number of amides is 1. The minimum absolute atomic E-state index is 0.146. The van der Waals surface area contributed by atoms with Crippen LogP contribution in [-0.2, 0) is 0 Å². The van der Waals surface area contributed by atoms with Gasteiger partial charge in [-0.2, -0.15) is 0 Å². The molecule has 6 nitrogen and oxygen atoms in total. The molecule has 0 atom stereocenters. The number of nitrogens with one attached hydrogen (secondary N) is 1. The first-order valence-corrected chi connectivity index (χ1v) is 4.08. The molecule has 1 N–H and O–H groups in total. The van der Waals surface area contributed by atoms with Crippen molar-refractivity contribution in [2.75, 3.05) is 13.6 Å². The highest BCUT2D eigenvalue weighted by molar-refractivity contribution is 5.93. The van der Waals surface area contributed by atoms with E-state index in [1.165, 1.54) is 18.0 Å². The Kier molecular flexibility index (Phi) is 3.08. The lowest BCUT2D eigenvalue weighted by Gasteiger charge is -2.11. The number of terminal acetylenes is 1. The zero-order valence-corrected chi connectivity index (χ0v) is 8.06. The van der Waals surface area contributed by atoms with Crippen LogP contribution >= 0.6 is 0 Å². The number of hydrogen-bond donors (Lipinski definition) is 1. The van der Waals surface area contributed by atoms with Crippen LogP contribution in [0.1, 0.15) is 10.5 Å². The van der Waals surface area contributed by atoms with E-state index in [0.717, 1.165) is 6.20 Å². The van der Waals surface area contributed by atoms with Gasteiger partial charge in [-0.15, -0.1) is 6.42 Å². The number of aromatic amines is 1. The average Bonchev–Trinajstić information content (AvgIpc) is 2.65. The first kappa shape index (κ1) is 10.8. The molecule has 0 saturated carbocycles. The lowest BCUT2D eigenvalue weighted by atomic mass is 10.3. The number of rotatable bonds is 3. The molecule has 0 aliphatic heterocycles. The van der Waals surface area contributed by atoms with Crippen LogP contribution in [0, 0.1) is 22.5 Å². The molecule has 1 aromatic rings. The molecule has 0 aromatic carbocycles. The maximum Gasteiger partial charge on any atom is 0.287 e. The fraction of sp³-hybridized carbons (Fsp3) is 0.222. The molecule has 78 valence electrons. The van der Waals surface area contributed by atoms with E-state index < -0.39 is 4.92 Å². The Morgan fingerprint density at radius 2 is 2.47 bits per heavy atom. The van der Waals surface area contributed by atoms with Gasteiger partial charge < -0.3 is 9.88 Å². The van der Waals surface area contributed by atoms with Crippen LogP contribution in [0.15, 0.2) is 12.3 Å². The Labute approximate surface area is 86.0 Å². The lowest BCUT2D eigenvalue weighted by Crippen LogP contribution is -2.27. The topological polar surface area (TPSA) is 79.2 Å². The summed E-state index contributed by atoms with van der Waals surface area (Å²) < 4.78 is 0. The molecule has 6 heteroatoms. The summed E-state index contributed by atoms with van der Waals surface area (Å²) in [5, 5.41) is 10.4. The number of nitrogens with zero attached hydrogens (tertiary/aromatic N) is 2. The van der Waals surface area contributed by atoms with E-state index in [4.69, 9.17) is 6.42 Å². The quantitative estimate of drug-likeness (QED) is 0.448. The summed E-state index contributed by atoms with van der Waals surface area (Å²) in [7, 11) is 1.52. The van der Waals surface area contributed by atoms with E-state index >= 15 is 0 Å². The first-order valence-electron chi connectivity index (χ1n) is 4.08. The summed E-state index contributed by atoms with van der Waals surface area (Å²) in [5.74, 6) is 1.93. The summed E-state index contributed by atoms with van der Waals surface area (Å²) >= 11 is 0. The molecule has 0 bridgehead atoms. The van der Waals surface area contributed by atoms with Gasteiger partial charge in [-0.25, -0.2) is 0 Å². The van der Waals surface area contributed by atoms with Gasteiger partial charge in [0.25, 0.3) is 11.6 Å². The number of carbonyl (C=O) groups excluding carboxylic acids is 1. The third kappa shape index (κ3) is 2.34. The lowest BCUT2D eigenvalue weighted by molar-refractivity contribution is -0.384. The van der Waals surface area contributed by atoms with Crippen LogP contribution in [0.3, 0.4) is 0 Å². The van der Waals surface area contributed by atoms with E-state index in [2.05, 4.69) is 10.9 Å². The molecular weight excluding hydrogens is 198 g/mol. The van der Waals surface area contributed by atoms with Gasteiger partial charge >= 0.3 is 0 Å². The van der Waals surface area contributed by atoms with Crippen molar-refractivity contribution >= 4 is 11.6 Å². The van der Waals surface area contributed by atoms with Gasteiger partial charge in [-0.3, -0.25) is 14.9 Å². The summed E-state index contributed by atoms with van der Waals surface area (Å²) in [5.41, 5.74) is 0.00640. The van der Waals surface area contributed by atoms with Gasteiger partial charge in [-0.05, 0) is 0 Å². The number of nitro groups is 1. The number of aromatic nitrogens is 1. The zero-order valence-electron chi connectivity index (χ0n) is 8.06. The van der Waals surface area contributed by atoms with Crippen molar-refractivity contribution in [2.24, 2.45) is 0 Å². The number of carbonyl (C=O) groups is 1. The SMILES string of the molecule is C#CCN(C)C(=O)c1cc([N+](=O)[O-])c[nH]1. The van der Waals surface area contributed by atoms with Gasteiger partial charge in [0.1, 0.15) is 5.69 Å². The third-order valence-electron chi connectivity index (χ3n) is 1.78. The van der Waals surface area contributed by atoms with Crippen molar-refractivity contribution in [2.45, 2.75) is 0 Å². The highest BCUT2D eigenvalue weighted by Crippen LogP contribution is 2.13. The van der Waals surface area contributed by atoms with Crippen molar-refractivity contribution in [1.82, 2.24) is 9.88 Å². The molecule has 0 aliphatic carbocycles. The average molecular weight is 207 g/mol. The Morgan fingerprint density at radius 3 is 2.93 bits per heavy atom. The second-order valence-electron chi connectivity index (χ2n) is 2.89. The van der Waals surface area contributed by atoms with E-state index in [1.54, 1.807) is 0 Å². The highest BCUT2D eigenvalue weighted by Gasteiger charge is 2.16. The maximum absolute atomic E-state index is 11.5. The molecule has 0 unspecified atom stereocenters. The number of H-pyrrole nitrogens is 1. The summed E-state index contributed by atoms with van der Waals surface area (Å²) in [6.07, 6.45) is 6.20. The summed E-state index contributed by atoms with van der Waals surface area (Å²) in [4.78, 5) is 25.1. The third-order valence-corrected chi connectivity index (χ3v) is 1.78. The molecule has 0 saturated heterocycles. The second-order valence-corrected chi connectivity index (χ2v) is 2.89. The van der Waals surface area contributed by atoms with E-state index in [0.29, 0.717) is 0 Å². The molecule has 0 radical (unpaired) electrons. The second kappa shape index (κ2) is 4.28. The summed E-state index contributed by atoms with van der Waals surface area (Å²) in [6.45, 7) is 0.158. The molecule has 1 heterocycles. The standard InChI is InChI=1S/C9H9N3O3/c1-3-4-11(2)9(13)8-5-7(6-10-8)12(14)15/h1,5-6,10H,4H2,2H3. The molecule has 1 aromatic heterocycles. The fourth-order valence-corrected chi connectivity index (χ4v) is 1.03.